The second-order valence-electron chi connectivity index (χ2n) is 6.22. The van der Waals surface area contributed by atoms with Gasteiger partial charge in [-0.25, -0.2) is 4.79 Å². The fraction of sp³-hybridized carbons (Fsp3) is 0.556. The molecule has 6 nitrogen and oxygen atoms in total. The highest BCUT2D eigenvalue weighted by molar-refractivity contribution is 6.14. The summed E-state index contributed by atoms with van der Waals surface area (Å²) in [6, 6.07) is 4.51. The first-order valence-electron chi connectivity index (χ1n) is 8.32. The van der Waals surface area contributed by atoms with E-state index >= 15 is 0 Å². The number of hydrogen-bond donors (Lipinski definition) is 0. The Morgan fingerprint density at radius 1 is 1.12 bits per heavy atom. The molecule has 1 heterocycles. The topological polar surface area (TPSA) is 59.1 Å². The molecule has 3 amide bonds. The number of urea groups is 1. The average Bonchev–Trinajstić information content (AvgIpc) is 2.83. The van der Waals surface area contributed by atoms with E-state index in [4.69, 9.17) is 9.47 Å². The van der Waals surface area contributed by atoms with Crippen LogP contribution in [0.25, 0.3) is 0 Å². The molecule has 6 heteroatoms. The zero-order valence-electron chi connectivity index (χ0n) is 15.0. The van der Waals surface area contributed by atoms with Crippen LogP contribution in [-0.4, -0.2) is 43.6 Å². The number of anilines is 1. The van der Waals surface area contributed by atoms with Gasteiger partial charge in [0.05, 0.1) is 19.9 Å². The SMILES string of the molecule is CCCCN1C(=O)[C@H](C(C)C)N(c2ccc(OC)c(OC)c2)C1=O. The first-order valence-corrected chi connectivity index (χ1v) is 8.32. The van der Waals surface area contributed by atoms with Gasteiger partial charge in [0, 0.05) is 12.6 Å². The van der Waals surface area contributed by atoms with Crippen molar-refractivity contribution >= 4 is 17.6 Å². The Morgan fingerprint density at radius 2 is 1.79 bits per heavy atom. The first-order chi connectivity index (χ1) is 11.5. The Hall–Kier alpha value is -2.24. The van der Waals surface area contributed by atoms with Gasteiger partial charge < -0.3 is 9.47 Å². The minimum absolute atomic E-state index is 0.0150. The van der Waals surface area contributed by atoms with Crippen molar-refractivity contribution in [3.8, 4) is 11.5 Å². The summed E-state index contributed by atoms with van der Waals surface area (Å²) in [5.74, 6) is 1.01. The van der Waals surface area contributed by atoms with Crippen molar-refractivity contribution in [2.45, 2.75) is 39.7 Å². The van der Waals surface area contributed by atoms with E-state index in [0.29, 0.717) is 23.7 Å². The number of rotatable bonds is 7. The lowest BCUT2D eigenvalue weighted by Crippen LogP contribution is -2.39. The molecule has 1 fully saturated rings. The Kier molecular flexibility index (Phi) is 5.70. The van der Waals surface area contributed by atoms with Crippen LogP contribution in [0.3, 0.4) is 0 Å². The molecule has 0 N–H and O–H groups in total. The van der Waals surface area contributed by atoms with Gasteiger partial charge in [-0.2, -0.15) is 0 Å². The zero-order valence-corrected chi connectivity index (χ0v) is 15.0. The molecule has 1 aromatic rings. The highest BCUT2D eigenvalue weighted by Crippen LogP contribution is 2.36. The van der Waals surface area contributed by atoms with Crippen molar-refractivity contribution in [3.05, 3.63) is 18.2 Å². The van der Waals surface area contributed by atoms with Crippen molar-refractivity contribution in [2.24, 2.45) is 5.92 Å². The van der Waals surface area contributed by atoms with Crippen LogP contribution in [0.2, 0.25) is 0 Å². The fourth-order valence-electron chi connectivity index (χ4n) is 2.96. The van der Waals surface area contributed by atoms with Crippen molar-refractivity contribution < 1.29 is 19.1 Å². The maximum Gasteiger partial charge on any atom is 0.331 e. The Bertz CT molecular complexity index is 615. The maximum atomic E-state index is 12.9. The van der Waals surface area contributed by atoms with Crippen LogP contribution in [0.4, 0.5) is 10.5 Å². The maximum absolute atomic E-state index is 12.9. The first kappa shape index (κ1) is 18.1. The van der Waals surface area contributed by atoms with Gasteiger partial charge in [-0.15, -0.1) is 0 Å². The standard InChI is InChI=1S/C18H26N2O4/c1-6-7-10-19-17(21)16(12(2)3)20(18(19)22)13-8-9-14(23-4)15(11-13)24-5/h8-9,11-12,16H,6-7,10H2,1-5H3/t16-/m0/s1. The summed E-state index contributed by atoms with van der Waals surface area (Å²) in [7, 11) is 3.11. The van der Waals surface area contributed by atoms with E-state index in [1.54, 1.807) is 37.3 Å². The summed E-state index contributed by atoms with van der Waals surface area (Å²) in [5, 5.41) is 0. The van der Waals surface area contributed by atoms with Gasteiger partial charge in [0.15, 0.2) is 11.5 Å². The molecule has 1 saturated heterocycles. The van der Waals surface area contributed by atoms with E-state index in [-0.39, 0.29) is 17.9 Å². The van der Waals surface area contributed by atoms with Crippen molar-refractivity contribution in [1.82, 2.24) is 4.90 Å². The Morgan fingerprint density at radius 3 is 2.33 bits per heavy atom. The molecule has 132 valence electrons. The normalized spacial score (nSPS) is 17.8. The van der Waals surface area contributed by atoms with Gasteiger partial charge >= 0.3 is 6.03 Å². The minimum atomic E-state index is -0.493. The summed E-state index contributed by atoms with van der Waals surface area (Å²) in [6.07, 6.45) is 1.74. The lowest BCUT2D eigenvalue weighted by Gasteiger charge is -2.25. The van der Waals surface area contributed by atoms with Crippen LogP contribution in [0, 0.1) is 5.92 Å². The molecular formula is C18H26N2O4. The van der Waals surface area contributed by atoms with Crippen LogP contribution >= 0.6 is 0 Å². The third-order valence-electron chi connectivity index (χ3n) is 4.25. The number of carbonyl (C=O) groups is 2. The number of amides is 3. The number of nitrogens with zero attached hydrogens (tertiary/aromatic N) is 2. The number of carbonyl (C=O) groups excluding carboxylic acids is 2. The molecule has 0 aliphatic carbocycles. The number of hydrogen-bond acceptors (Lipinski definition) is 4. The number of methoxy groups -OCH3 is 2. The zero-order chi connectivity index (χ0) is 17.9. The molecule has 1 atom stereocenters. The van der Waals surface area contributed by atoms with E-state index in [2.05, 4.69) is 0 Å². The van der Waals surface area contributed by atoms with Gasteiger partial charge in [0.1, 0.15) is 6.04 Å². The summed E-state index contributed by atoms with van der Waals surface area (Å²) >= 11 is 0. The van der Waals surface area contributed by atoms with Gasteiger partial charge in [-0.05, 0) is 24.5 Å². The molecule has 0 aromatic heterocycles. The highest BCUT2D eigenvalue weighted by Gasteiger charge is 2.47. The fourth-order valence-corrected chi connectivity index (χ4v) is 2.96. The number of ether oxygens (including phenoxy) is 2. The molecule has 1 aliphatic rings. The van der Waals surface area contributed by atoms with Crippen LogP contribution in [0.15, 0.2) is 18.2 Å². The lowest BCUT2D eigenvalue weighted by atomic mass is 10.0. The van der Waals surface area contributed by atoms with Gasteiger partial charge in [-0.1, -0.05) is 27.2 Å². The van der Waals surface area contributed by atoms with Gasteiger partial charge in [0.25, 0.3) is 5.91 Å². The molecule has 0 spiro atoms. The van der Waals surface area contributed by atoms with E-state index in [1.807, 2.05) is 20.8 Å². The molecule has 0 radical (unpaired) electrons. The highest BCUT2D eigenvalue weighted by atomic mass is 16.5. The largest absolute Gasteiger partial charge is 0.493 e. The molecule has 0 unspecified atom stereocenters. The van der Waals surface area contributed by atoms with Crippen molar-refractivity contribution in [3.63, 3.8) is 0 Å². The monoisotopic (exact) mass is 334 g/mol. The van der Waals surface area contributed by atoms with Crippen molar-refractivity contribution in [2.75, 3.05) is 25.7 Å². The molecule has 0 bridgehead atoms. The lowest BCUT2D eigenvalue weighted by molar-refractivity contribution is -0.128. The molecule has 2 rings (SSSR count). The molecule has 1 aliphatic heterocycles. The quantitative estimate of drug-likeness (QED) is 0.718. The number of imide groups is 1. The van der Waals surface area contributed by atoms with E-state index in [1.165, 1.54) is 4.90 Å². The van der Waals surface area contributed by atoms with Crippen LogP contribution in [0.1, 0.15) is 33.6 Å². The Balaban J connectivity index is 2.42. The van der Waals surface area contributed by atoms with Crippen LogP contribution in [0.5, 0.6) is 11.5 Å². The summed E-state index contributed by atoms with van der Waals surface area (Å²) < 4.78 is 10.6. The van der Waals surface area contributed by atoms with Crippen LogP contribution < -0.4 is 14.4 Å². The van der Waals surface area contributed by atoms with Gasteiger partial charge in [0.2, 0.25) is 0 Å². The summed E-state index contributed by atoms with van der Waals surface area (Å²) in [5.41, 5.74) is 0.642. The van der Waals surface area contributed by atoms with Gasteiger partial charge in [-0.3, -0.25) is 14.6 Å². The third kappa shape index (κ3) is 3.18. The number of benzene rings is 1. The van der Waals surface area contributed by atoms with E-state index < -0.39 is 6.04 Å². The predicted molar refractivity (Wildman–Crippen MR) is 92.7 cm³/mol. The second kappa shape index (κ2) is 7.55. The molecule has 0 saturated carbocycles. The Labute approximate surface area is 143 Å². The van der Waals surface area contributed by atoms with Crippen molar-refractivity contribution in [1.29, 1.82) is 0 Å². The smallest absolute Gasteiger partial charge is 0.331 e. The number of unbranched alkanes of at least 4 members (excludes halogenated alkanes) is 1. The third-order valence-corrected chi connectivity index (χ3v) is 4.25. The predicted octanol–water partition coefficient (Wildman–Crippen LogP) is 3.30. The summed E-state index contributed by atoms with van der Waals surface area (Å²) in [6.45, 7) is 6.40. The second-order valence-corrected chi connectivity index (χ2v) is 6.22. The minimum Gasteiger partial charge on any atom is -0.493 e. The van der Waals surface area contributed by atoms with E-state index in [0.717, 1.165) is 12.8 Å². The van der Waals surface area contributed by atoms with Crippen LogP contribution in [-0.2, 0) is 4.79 Å². The van der Waals surface area contributed by atoms with E-state index in [9.17, 15) is 9.59 Å². The average molecular weight is 334 g/mol. The molecule has 24 heavy (non-hydrogen) atoms. The molecule has 1 aromatic carbocycles. The summed E-state index contributed by atoms with van der Waals surface area (Å²) in [4.78, 5) is 28.5. The molecular weight excluding hydrogens is 308 g/mol.